The average Bonchev–Trinajstić information content (AvgIpc) is 2.67. The Morgan fingerprint density at radius 1 is 1.20 bits per heavy atom. The number of primary amides is 1. The number of halogens is 1. The molecular formula is C19H22ClN3O6S. The molecule has 2 amide bonds. The molecule has 2 aromatic carbocycles. The minimum atomic E-state index is -3.68. The predicted molar refractivity (Wildman–Crippen MR) is 113 cm³/mol. The van der Waals surface area contributed by atoms with Crippen LogP contribution in [0, 0.1) is 6.92 Å². The van der Waals surface area contributed by atoms with E-state index in [4.69, 9.17) is 26.8 Å². The van der Waals surface area contributed by atoms with Gasteiger partial charge >= 0.3 is 0 Å². The van der Waals surface area contributed by atoms with Crippen molar-refractivity contribution in [2.24, 2.45) is 5.73 Å². The van der Waals surface area contributed by atoms with Crippen LogP contribution in [-0.2, 0) is 14.8 Å². The summed E-state index contributed by atoms with van der Waals surface area (Å²) in [6.07, 6.45) is 0. The summed E-state index contributed by atoms with van der Waals surface area (Å²) in [6, 6.07) is 7.28. The summed E-state index contributed by atoms with van der Waals surface area (Å²) in [5.41, 5.74) is 6.03. The van der Waals surface area contributed by atoms with Crippen LogP contribution in [0.15, 0.2) is 35.2 Å². The Kier molecular flexibility index (Phi) is 7.30. The lowest BCUT2D eigenvalue weighted by Crippen LogP contribution is -2.23. The highest BCUT2D eigenvalue weighted by Crippen LogP contribution is 2.36. The van der Waals surface area contributed by atoms with E-state index in [1.807, 2.05) is 0 Å². The van der Waals surface area contributed by atoms with Gasteiger partial charge in [0.25, 0.3) is 11.8 Å². The number of nitrogens with two attached hydrogens (primary N) is 1. The van der Waals surface area contributed by atoms with Crippen LogP contribution in [0.4, 0.5) is 5.69 Å². The largest absolute Gasteiger partial charge is 0.493 e. The van der Waals surface area contributed by atoms with Crippen LogP contribution in [-0.4, -0.2) is 52.3 Å². The zero-order valence-electron chi connectivity index (χ0n) is 16.9. The zero-order chi connectivity index (χ0) is 22.6. The molecule has 0 aliphatic rings. The number of nitrogens with one attached hydrogen (secondary N) is 1. The van der Waals surface area contributed by atoms with Crippen molar-refractivity contribution in [3.63, 3.8) is 0 Å². The highest BCUT2D eigenvalue weighted by molar-refractivity contribution is 7.89. The lowest BCUT2D eigenvalue weighted by Gasteiger charge is -2.16. The van der Waals surface area contributed by atoms with E-state index in [0.29, 0.717) is 5.56 Å². The maximum atomic E-state index is 12.7. The third-order valence-electron chi connectivity index (χ3n) is 4.06. The van der Waals surface area contributed by atoms with Crippen LogP contribution in [0.25, 0.3) is 0 Å². The molecule has 0 saturated carbocycles. The first-order valence-corrected chi connectivity index (χ1v) is 10.4. The van der Waals surface area contributed by atoms with Crippen LogP contribution in [0.2, 0.25) is 5.02 Å². The number of rotatable bonds is 8. The number of amides is 2. The number of sulfonamides is 1. The number of carbonyl (C=O) groups is 2. The SMILES string of the molecule is COc1cc(C(=O)Nc2ccc(C)c(S(=O)(=O)N(C)C)c2)cc(Cl)c1OCC(N)=O. The van der Waals surface area contributed by atoms with Crippen LogP contribution in [0.3, 0.4) is 0 Å². The molecule has 2 aromatic rings. The van der Waals surface area contributed by atoms with Gasteiger partial charge in [-0.25, -0.2) is 12.7 Å². The average molecular weight is 456 g/mol. The van der Waals surface area contributed by atoms with Gasteiger partial charge in [-0.2, -0.15) is 0 Å². The van der Waals surface area contributed by atoms with E-state index in [-0.39, 0.29) is 32.7 Å². The van der Waals surface area contributed by atoms with Gasteiger partial charge in [-0.1, -0.05) is 17.7 Å². The minimum absolute atomic E-state index is 0.0422. The quantitative estimate of drug-likeness (QED) is 0.626. The number of ether oxygens (including phenoxy) is 2. The minimum Gasteiger partial charge on any atom is -0.493 e. The molecule has 11 heteroatoms. The number of anilines is 1. The van der Waals surface area contributed by atoms with Crippen LogP contribution >= 0.6 is 11.6 Å². The Hall–Kier alpha value is -2.82. The Morgan fingerprint density at radius 3 is 2.43 bits per heavy atom. The van der Waals surface area contributed by atoms with Gasteiger partial charge in [-0.3, -0.25) is 9.59 Å². The molecule has 9 nitrogen and oxygen atoms in total. The third-order valence-corrected chi connectivity index (χ3v) is 6.29. The van der Waals surface area contributed by atoms with Crippen LogP contribution in [0.1, 0.15) is 15.9 Å². The number of carbonyl (C=O) groups excluding carboxylic acids is 2. The van der Waals surface area contributed by atoms with Gasteiger partial charge in [0.05, 0.1) is 17.0 Å². The summed E-state index contributed by atoms with van der Waals surface area (Å²) in [5, 5.41) is 2.68. The monoisotopic (exact) mass is 455 g/mol. The molecule has 0 fully saturated rings. The lowest BCUT2D eigenvalue weighted by molar-refractivity contribution is -0.119. The van der Waals surface area contributed by atoms with Crippen molar-refractivity contribution in [2.45, 2.75) is 11.8 Å². The topological polar surface area (TPSA) is 128 Å². The summed E-state index contributed by atoms with van der Waals surface area (Å²) >= 11 is 6.16. The zero-order valence-corrected chi connectivity index (χ0v) is 18.4. The molecule has 2 rings (SSSR count). The molecule has 162 valence electrons. The van der Waals surface area contributed by atoms with Gasteiger partial charge < -0.3 is 20.5 Å². The first-order valence-electron chi connectivity index (χ1n) is 8.60. The number of methoxy groups -OCH3 is 1. The number of aryl methyl sites for hydroxylation is 1. The number of hydrogen-bond acceptors (Lipinski definition) is 6. The second kappa shape index (κ2) is 9.33. The number of benzene rings is 2. The fraction of sp³-hybridized carbons (Fsp3) is 0.263. The first-order chi connectivity index (χ1) is 14.0. The molecule has 0 atom stereocenters. The smallest absolute Gasteiger partial charge is 0.255 e. The van der Waals surface area contributed by atoms with Crippen molar-refractivity contribution in [1.82, 2.24) is 4.31 Å². The molecule has 3 N–H and O–H groups in total. The van der Waals surface area contributed by atoms with Gasteiger partial charge in [-0.05, 0) is 36.8 Å². The standard InChI is InChI=1S/C19H22ClN3O6S/c1-11-5-6-13(9-16(11)30(26,27)23(2)3)22-19(25)12-7-14(20)18(15(8-12)28-4)29-10-17(21)24/h5-9H,10H2,1-4H3,(H2,21,24)(H,22,25). The van der Waals surface area contributed by atoms with Crippen molar-refractivity contribution < 1.29 is 27.5 Å². The molecule has 0 bridgehead atoms. The van der Waals surface area contributed by atoms with E-state index >= 15 is 0 Å². The van der Waals surface area contributed by atoms with Gasteiger partial charge in [0.15, 0.2) is 18.1 Å². The molecule has 0 spiro atoms. The van der Waals surface area contributed by atoms with Gasteiger partial charge in [-0.15, -0.1) is 0 Å². The van der Waals surface area contributed by atoms with Gasteiger partial charge in [0, 0.05) is 25.3 Å². The molecule has 30 heavy (non-hydrogen) atoms. The Morgan fingerprint density at radius 2 is 1.87 bits per heavy atom. The molecular weight excluding hydrogens is 434 g/mol. The highest BCUT2D eigenvalue weighted by Gasteiger charge is 2.21. The fourth-order valence-electron chi connectivity index (χ4n) is 2.49. The molecule has 0 aromatic heterocycles. The van der Waals surface area contributed by atoms with Gasteiger partial charge in [0.1, 0.15) is 0 Å². The number of hydrogen-bond donors (Lipinski definition) is 2. The fourth-order valence-corrected chi connectivity index (χ4v) is 3.90. The van der Waals surface area contributed by atoms with E-state index < -0.39 is 28.4 Å². The Bertz CT molecular complexity index is 1090. The maximum Gasteiger partial charge on any atom is 0.255 e. The van der Waals surface area contributed by atoms with E-state index in [1.165, 1.54) is 39.4 Å². The summed E-state index contributed by atoms with van der Waals surface area (Å²) in [6.45, 7) is 1.26. The first kappa shape index (κ1) is 23.5. The second-order valence-electron chi connectivity index (χ2n) is 6.47. The summed E-state index contributed by atoms with van der Waals surface area (Å²) in [5.74, 6) is -1.04. The highest BCUT2D eigenvalue weighted by atomic mass is 35.5. The van der Waals surface area contributed by atoms with Crippen LogP contribution in [0.5, 0.6) is 11.5 Å². The summed E-state index contributed by atoms with van der Waals surface area (Å²) in [7, 11) is 0.523. The normalized spacial score (nSPS) is 11.3. The van der Waals surface area contributed by atoms with Crippen molar-refractivity contribution in [3.8, 4) is 11.5 Å². The summed E-state index contributed by atoms with van der Waals surface area (Å²) < 4.78 is 36.4. The molecule has 0 unspecified atom stereocenters. The maximum absolute atomic E-state index is 12.7. The van der Waals surface area contributed by atoms with Crippen molar-refractivity contribution in [3.05, 3.63) is 46.5 Å². The molecule has 0 aliphatic heterocycles. The predicted octanol–water partition coefficient (Wildman–Crippen LogP) is 2.02. The lowest BCUT2D eigenvalue weighted by atomic mass is 10.1. The summed E-state index contributed by atoms with van der Waals surface area (Å²) in [4.78, 5) is 23.7. The van der Waals surface area contributed by atoms with E-state index in [9.17, 15) is 18.0 Å². The van der Waals surface area contributed by atoms with Crippen molar-refractivity contribution in [2.75, 3.05) is 33.1 Å². The third kappa shape index (κ3) is 5.21. The molecule has 0 heterocycles. The van der Waals surface area contributed by atoms with Crippen molar-refractivity contribution in [1.29, 1.82) is 0 Å². The van der Waals surface area contributed by atoms with Crippen molar-refractivity contribution >= 4 is 39.1 Å². The second-order valence-corrected chi connectivity index (χ2v) is 8.99. The van der Waals surface area contributed by atoms with E-state index in [2.05, 4.69) is 5.32 Å². The number of nitrogens with zero attached hydrogens (tertiary/aromatic N) is 1. The van der Waals surface area contributed by atoms with Crippen LogP contribution < -0.4 is 20.5 Å². The van der Waals surface area contributed by atoms with Gasteiger partial charge in [0.2, 0.25) is 10.0 Å². The molecule has 0 radical (unpaired) electrons. The van der Waals surface area contributed by atoms with E-state index in [1.54, 1.807) is 19.1 Å². The Balaban J connectivity index is 2.34. The molecule has 0 saturated heterocycles. The van der Waals surface area contributed by atoms with E-state index in [0.717, 1.165) is 4.31 Å². The Labute approximate surface area is 179 Å². The molecule has 0 aliphatic carbocycles.